The van der Waals surface area contributed by atoms with Crippen LogP contribution in [0, 0.1) is 0 Å². The van der Waals surface area contributed by atoms with E-state index in [1.807, 2.05) is 127 Å². The lowest BCUT2D eigenvalue weighted by Gasteiger charge is -2.36. The predicted molar refractivity (Wildman–Crippen MR) is 210 cm³/mol. The number of Topliss-reactive ketones (excluding diaryl/α,β-unsaturated/α-hetero) is 1. The highest BCUT2D eigenvalue weighted by Gasteiger charge is 2.37. The first-order valence-electron chi connectivity index (χ1n) is 17.5. The van der Waals surface area contributed by atoms with Crippen LogP contribution in [-0.2, 0) is 24.7 Å². The monoisotopic (exact) mass is 734 g/mol. The summed E-state index contributed by atoms with van der Waals surface area (Å²) in [7, 11) is 1.82. The van der Waals surface area contributed by atoms with Gasteiger partial charge in [-0.1, -0.05) is 157 Å². The summed E-state index contributed by atoms with van der Waals surface area (Å²) >= 11 is 1.27. The number of anilines is 1. The molecule has 10 heteroatoms. The number of ether oxygens (including phenoxy) is 1. The Kier molecular flexibility index (Phi) is 10.9. The molecule has 0 amide bonds. The third kappa shape index (κ3) is 7.79. The number of rotatable bonds is 14. The van der Waals surface area contributed by atoms with E-state index in [-0.39, 0.29) is 36.0 Å². The quantitative estimate of drug-likeness (QED) is 0.0654. The second-order valence-corrected chi connectivity index (χ2v) is 13.7. The Bertz CT molecular complexity index is 2090. The van der Waals surface area contributed by atoms with Crippen LogP contribution in [0.1, 0.15) is 46.0 Å². The molecule has 0 aliphatic carbocycles. The molecule has 0 saturated heterocycles. The summed E-state index contributed by atoms with van der Waals surface area (Å²) < 4.78 is 6.36. The second-order valence-electron chi connectivity index (χ2n) is 12.8. The Labute approximate surface area is 317 Å². The maximum atomic E-state index is 13.4. The first-order valence-corrected chi connectivity index (χ1v) is 18.4. The molecule has 0 bridgehead atoms. The van der Waals surface area contributed by atoms with Crippen molar-refractivity contribution in [2.24, 2.45) is 5.16 Å². The first-order chi connectivity index (χ1) is 26.4. The van der Waals surface area contributed by atoms with Crippen LogP contribution in [0.2, 0.25) is 0 Å². The number of aliphatic carboxylic acids is 1. The Morgan fingerprint density at radius 3 is 1.80 bits per heavy atom. The van der Waals surface area contributed by atoms with Crippen molar-refractivity contribution in [3.8, 4) is 0 Å². The van der Waals surface area contributed by atoms with Gasteiger partial charge in [-0.2, -0.15) is 0 Å². The summed E-state index contributed by atoms with van der Waals surface area (Å²) in [5.41, 5.74) is 3.76. The number of carbonyl (C=O) groups excluding carboxylic acids is 1. The van der Waals surface area contributed by atoms with Gasteiger partial charge < -0.3 is 24.9 Å². The van der Waals surface area contributed by atoms with Crippen molar-refractivity contribution in [1.29, 1.82) is 0 Å². The molecule has 0 radical (unpaired) electrons. The number of ketones is 1. The number of benzene rings is 5. The first kappa shape index (κ1) is 35.9. The number of nitrogens with zero attached hydrogens (tertiary/aromatic N) is 3. The second kappa shape index (κ2) is 16.4. The minimum atomic E-state index is -1.29. The number of hydrogen-bond donors (Lipinski definition) is 2. The van der Waals surface area contributed by atoms with Gasteiger partial charge in [0, 0.05) is 25.0 Å². The number of aromatic nitrogens is 1. The van der Waals surface area contributed by atoms with Crippen molar-refractivity contribution in [3.63, 3.8) is 0 Å². The van der Waals surface area contributed by atoms with E-state index in [9.17, 15) is 14.7 Å². The Hall–Kier alpha value is -6.52. The van der Waals surface area contributed by atoms with Crippen molar-refractivity contribution in [2.75, 3.05) is 19.0 Å². The summed E-state index contributed by atoms with van der Waals surface area (Å²) in [4.78, 5) is 38.0. The summed E-state index contributed by atoms with van der Waals surface area (Å²) in [6.45, 7) is -0.0298. The number of carbonyl (C=O) groups is 2. The van der Waals surface area contributed by atoms with Crippen molar-refractivity contribution in [2.45, 2.75) is 24.1 Å². The van der Waals surface area contributed by atoms with E-state index in [0.717, 1.165) is 27.8 Å². The molecular weight excluding hydrogens is 697 g/mol. The average molecular weight is 735 g/mol. The van der Waals surface area contributed by atoms with Crippen LogP contribution in [0.4, 0.5) is 5.13 Å². The molecule has 5 aromatic carbocycles. The van der Waals surface area contributed by atoms with E-state index in [1.54, 1.807) is 11.6 Å². The molecule has 54 heavy (non-hydrogen) atoms. The van der Waals surface area contributed by atoms with E-state index in [4.69, 9.17) is 14.6 Å². The molecule has 0 saturated carbocycles. The van der Waals surface area contributed by atoms with Gasteiger partial charge in [-0.05, 0) is 27.8 Å². The van der Waals surface area contributed by atoms with E-state index in [1.165, 1.54) is 11.3 Å². The van der Waals surface area contributed by atoms with Gasteiger partial charge in [0.2, 0.25) is 11.5 Å². The zero-order valence-electron chi connectivity index (χ0n) is 29.5. The Balaban J connectivity index is 1.09. The largest absolute Gasteiger partial charge is 0.476 e. The number of allylic oxidation sites excluding steroid dienone is 1. The lowest BCUT2D eigenvalue weighted by molar-refractivity contribution is -0.129. The fourth-order valence-corrected chi connectivity index (χ4v) is 7.32. The van der Waals surface area contributed by atoms with Crippen molar-refractivity contribution in [3.05, 3.63) is 203 Å². The van der Waals surface area contributed by atoms with E-state index < -0.39 is 23.7 Å². The molecule has 2 heterocycles. The topological polar surface area (TPSA) is 113 Å². The van der Waals surface area contributed by atoms with Crippen LogP contribution >= 0.6 is 11.3 Å². The van der Waals surface area contributed by atoms with Crippen molar-refractivity contribution in [1.82, 2.24) is 9.88 Å². The molecule has 7 rings (SSSR count). The van der Waals surface area contributed by atoms with Gasteiger partial charge in [0.25, 0.3) is 0 Å². The normalized spacial score (nSPS) is 14.7. The molecule has 1 aliphatic rings. The van der Waals surface area contributed by atoms with Gasteiger partial charge in [-0.3, -0.25) is 4.79 Å². The minimum absolute atomic E-state index is 0.0298. The van der Waals surface area contributed by atoms with Crippen LogP contribution in [0.25, 0.3) is 0 Å². The number of likely N-dealkylation sites (N-methyl/N-ethyl adjacent to an activating group) is 1. The average Bonchev–Trinajstić information content (AvgIpc) is 3.68. The number of oxime groups is 1. The number of thiazole rings is 1. The van der Waals surface area contributed by atoms with Crippen LogP contribution in [-0.4, -0.2) is 52.2 Å². The maximum Gasteiger partial charge on any atom is 0.360 e. The van der Waals surface area contributed by atoms with Crippen LogP contribution in [0.5, 0.6) is 0 Å². The highest BCUT2D eigenvalue weighted by molar-refractivity contribution is 7.14. The number of nitrogens with one attached hydrogen (secondary N) is 1. The van der Waals surface area contributed by atoms with Crippen LogP contribution in [0.15, 0.2) is 174 Å². The summed E-state index contributed by atoms with van der Waals surface area (Å²) in [6, 6.07) is 49.3. The molecule has 0 spiro atoms. The molecule has 270 valence electrons. The Morgan fingerprint density at radius 2 is 1.31 bits per heavy atom. The fraction of sp³-hybridized carbons (Fsp3) is 0.136. The smallest absolute Gasteiger partial charge is 0.360 e. The molecule has 1 aliphatic heterocycles. The van der Waals surface area contributed by atoms with Gasteiger partial charge in [0.05, 0.1) is 6.04 Å². The zero-order valence-corrected chi connectivity index (χ0v) is 30.3. The third-order valence-corrected chi connectivity index (χ3v) is 10.1. The van der Waals surface area contributed by atoms with Gasteiger partial charge in [0.1, 0.15) is 23.9 Å². The van der Waals surface area contributed by atoms with Gasteiger partial charge in [0.15, 0.2) is 10.9 Å². The standard InChI is InChI=1S/C44H38N4O5S/c1-48-28-39(53-41(31-17-7-2-8-18-31)32-19-9-3-10-20-32)38(49)27-36(48)29-52-47-40(42(50)51)37-30-54-43(45-37)46-44(33-21-11-4-12-22-33,34-23-13-5-14-24-34)35-25-15-6-16-26-35/h2-26,28,30,36,41H,27,29H2,1H3,(H,45,46)(H,50,51). The maximum absolute atomic E-state index is 13.4. The predicted octanol–water partition coefficient (Wildman–Crippen LogP) is 8.27. The molecule has 1 unspecified atom stereocenters. The van der Waals surface area contributed by atoms with E-state index in [2.05, 4.69) is 46.9 Å². The SMILES string of the molecule is CN1C=C(OC(c2ccccc2)c2ccccc2)C(=O)CC1CON=C(C(=O)O)c1csc(NC(c2ccccc2)(c2ccccc2)c2ccccc2)n1. The van der Waals surface area contributed by atoms with Gasteiger partial charge in [-0.15, -0.1) is 11.3 Å². The lowest BCUT2D eigenvalue weighted by atomic mass is 9.77. The zero-order chi connectivity index (χ0) is 37.3. The third-order valence-electron chi connectivity index (χ3n) is 9.33. The fourth-order valence-electron chi connectivity index (χ4n) is 6.57. The summed E-state index contributed by atoms with van der Waals surface area (Å²) in [6.07, 6.45) is 1.29. The van der Waals surface area contributed by atoms with E-state index in [0.29, 0.717) is 5.13 Å². The highest BCUT2D eigenvalue weighted by atomic mass is 32.1. The van der Waals surface area contributed by atoms with Gasteiger partial charge >= 0.3 is 5.97 Å². The van der Waals surface area contributed by atoms with Crippen molar-refractivity contribution >= 4 is 33.9 Å². The lowest BCUT2D eigenvalue weighted by Crippen LogP contribution is -2.39. The number of carboxylic acids is 1. The van der Waals surface area contributed by atoms with Crippen LogP contribution in [0.3, 0.4) is 0 Å². The number of hydrogen-bond acceptors (Lipinski definition) is 9. The molecule has 1 atom stereocenters. The van der Waals surface area contributed by atoms with E-state index >= 15 is 0 Å². The Morgan fingerprint density at radius 1 is 0.833 bits per heavy atom. The molecule has 6 aromatic rings. The number of carboxylic acid groups (broad SMARTS) is 1. The van der Waals surface area contributed by atoms with Gasteiger partial charge in [-0.25, -0.2) is 9.78 Å². The molecule has 9 nitrogen and oxygen atoms in total. The van der Waals surface area contributed by atoms with Crippen LogP contribution < -0.4 is 5.32 Å². The minimum Gasteiger partial charge on any atom is -0.476 e. The molecular formula is C44H38N4O5S. The molecule has 2 N–H and O–H groups in total. The summed E-state index contributed by atoms with van der Waals surface area (Å²) in [5, 5.41) is 20.0. The van der Waals surface area contributed by atoms with Crippen molar-refractivity contribution < 1.29 is 24.3 Å². The molecule has 1 aromatic heterocycles. The molecule has 0 fully saturated rings. The summed E-state index contributed by atoms with van der Waals surface area (Å²) in [5.74, 6) is -1.24. The highest BCUT2D eigenvalue weighted by Crippen LogP contribution is 2.40.